The molecule has 0 aliphatic carbocycles. The number of amides is 2. The van der Waals surface area contributed by atoms with Crippen molar-refractivity contribution in [2.75, 3.05) is 23.6 Å². The molecular formula is C20H18ClN3O4S. The number of nitrogens with zero attached hydrogens (tertiary/aromatic N) is 2. The number of aliphatic imine (C=N–C) groups is 1. The highest BCUT2D eigenvalue weighted by Gasteiger charge is 2.40. The van der Waals surface area contributed by atoms with Gasteiger partial charge in [0.15, 0.2) is 16.7 Å². The summed E-state index contributed by atoms with van der Waals surface area (Å²) in [5, 5.41) is 3.68. The largest absolute Gasteiger partial charge is 0.454 e. The number of hydrogen-bond donors (Lipinski definition) is 1. The molecule has 2 aromatic carbocycles. The molecule has 150 valence electrons. The van der Waals surface area contributed by atoms with E-state index < -0.39 is 5.25 Å². The van der Waals surface area contributed by atoms with Crippen molar-refractivity contribution in [3.63, 3.8) is 0 Å². The molecular weight excluding hydrogens is 414 g/mol. The van der Waals surface area contributed by atoms with Gasteiger partial charge in [0.05, 0.1) is 5.69 Å². The van der Waals surface area contributed by atoms with Crippen molar-refractivity contribution in [2.45, 2.75) is 18.6 Å². The second kappa shape index (κ2) is 8.34. The Morgan fingerprint density at radius 2 is 2.07 bits per heavy atom. The average Bonchev–Trinajstić information content (AvgIpc) is 3.26. The van der Waals surface area contributed by atoms with E-state index in [-0.39, 0.29) is 25.0 Å². The average molecular weight is 432 g/mol. The lowest BCUT2D eigenvalue weighted by molar-refractivity contribution is -0.121. The van der Waals surface area contributed by atoms with Gasteiger partial charge in [0, 0.05) is 29.7 Å². The number of amidine groups is 1. The van der Waals surface area contributed by atoms with E-state index in [0.29, 0.717) is 33.9 Å². The number of carbonyl (C=O) groups excluding carboxylic acids is 2. The second-order valence-corrected chi connectivity index (χ2v) is 7.96. The molecule has 2 aliphatic heterocycles. The first-order valence-corrected chi connectivity index (χ1v) is 10.3. The Balaban J connectivity index is 1.49. The number of halogens is 1. The highest BCUT2D eigenvalue weighted by molar-refractivity contribution is 8.15. The number of carbonyl (C=O) groups is 2. The summed E-state index contributed by atoms with van der Waals surface area (Å²) in [4.78, 5) is 31.0. The monoisotopic (exact) mass is 431 g/mol. The molecule has 1 unspecified atom stereocenters. The summed E-state index contributed by atoms with van der Waals surface area (Å²) < 4.78 is 10.7. The van der Waals surface area contributed by atoms with Gasteiger partial charge in [-0.1, -0.05) is 29.4 Å². The Labute approximate surface area is 177 Å². The van der Waals surface area contributed by atoms with Crippen LogP contribution in [0, 0.1) is 0 Å². The fourth-order valence-electron chi connectivity index (χ4n) is 3.06. The van der Waals surface area contributed by atoms with E-state index in [9.17, 15) is 9.59 Å². The quantitative estimate of drug-likeness (QED) is 0.449. The van der Waals surface area contributed by atoms with E-state index in [1.807, 2.05) is 25.1 Å². The lowest BCUT2D eigenvalue weighted by Crippen LogP contribution is -2.31. The van der Waals surface area contributed by atoms with Gasteiger partial charge in [0.2, 0.25) is 18.6 Å². The number of anilines is 2. The van der Waals surface area contributed by atoms with Crippen molar-refractivity contribution >= 4 is 51.7 Å². The Kier molecular flexibility index (Phi) is 5.64. The molecule has 2 amide bonds. The SMILES string of the molecule is CCN=C(Nc1ccc2c(c1)OCO2)SC1CC(=O)N(c2cccc(Cl)c2)C1=O. The van der Waals surface area contributed by atoms with Crippen LogP contribution >= 0.6 is 23.4 Å². The molecule has 1 fully saturated rings. The van der Waals surface area contributed by atoms with Crippen LogP contribution in [0.15, 0.2) is 47.5 Å². The van der Waals surface area contributed by atoms with Gasteiger partial charge in [0.1, 0.15) is 5.25 Å². The van der Waals surface area contributed by atoms with E-state index in [0.717, 1.165) is 5.69 Å². The van der Waals surface area contributed by atoms with Crippen LogP contribution in [0.25, 0.3) is 0 Å². The molecule has 1 N–H and O–H groups in total. The zero-order chi connectivity index (χ0) is 20.4. The van der Waals surface area contributed by atoms with Gasteiger partial charge >= 0.3 is 0 Å². The number of thioether (sulfide) groups is 1. The Morgan fingerprint density at radius 1 is 1.24 bits per heavy atom. The molecule has 2 heterocycles. The molecule has 4 rings (SSSR count). The standard InChI is InChI=1S/C20H18ClN3O4S/c1-2-22-20(23-13-6-7-15-16(9-13)28-11-27-15)29-17-10-18(25)24(19(17)26)14-5-3-4-12(21)8-14/h3-9,17H,2,10-11H2,1H3,(H,22,23). The number of ether oxygens (including phenoxy) is 2. The molecule has 0 aromatic heterocycles. The highest BCUT2D eigenvalue weighted by atomic mass is 35.5. The van der Waals surface area contributed by atoms with Crippen LogP contribution in [0.3, 0.4) is 0 Å². The van der Waals surface area contributed by atoms with Gasteiger partial charge in [-0.3, -0.25) is 14.6 Å². The Hall–Kier alpha value is -2.71. The predicted octanol–water partition coefficient (Wildman–Crippen LogP) is 3.92. The molecule has 2 aliphatic rings. The van der Waals surface area contributed by atoms with Gasteiger partial charge in [-0.2, -0.15) is 0 Å². The molecule has 7 nitrogen and oxygen atoms in total. The van der Waals surface area contributed by atoms with Crippen LogP contribution in [0.2, 0.25) is 5.02 Å². The van der Waals surface area contributed by atoms with Crippen LogP contribution in [-0.2, 0) is 9.59 Å². The smallest absolute Gasteiger partial charge is 0.247 e. The zero-order valence-electron chi connectivity index (χ0n) is 15.6. The summed E-state index contributed by atoms with van der Waals surface area (Å²) in [5.74, 6) is 0.799. The van der Waals surface area contributed by atoms with Crippen LogP contribution < -0.4 is 19.7 Å². The predicted molar refractivity (Wildman–Crippen MR) is 114 cm³/mol. The number of hydrogen-bond acceptors (Lipinski definition) is 6. The Bertz CT molecular complexity index is 997. The number of fused-ring (bicyclic) bond motifs is 1. The van der Waals surface area contributed by atoms with Crippen molar-refractivity contribution in [3.8, 4) is 11.5 Å². The van der Waals surface area contributed by atoms with E-state index in [1.165, 1.54) is 16.7 Å². The normalized spacial score (nSPS) is 18.5. The second-order valence-electron chi connectivity index (χ2n) is 6.33. The summed E-state index contributed by atoms with van der Waals surface area (Å²) in [5.41, 5.74) is 1.24. The van der Waals surface area contributed by atoms with Gasteiger partial charge < -0.3 is 14.8 Å². The molecule has 0 radical (unpaired) electrons. The summed E-state index contributed by atoms with van der Waals surface area (Å²) >= 11 is 7.25. The fourth-order valence-corrected chi connectivity index (χ4v) is 4.33. The molecule has 0 saturated carbocycles. The van der Waals surface area contributed by atoms with Crippen LogP contribution in [-0.4, -0.2) is 35.6 Å². The number of imide groups is 1. The van der Waals surface area contributed by atoms with Crippen LogP contribution in [0.5, 0.6) is 11.5 Å². The molecule has 2 aromatic rings. The van der Waals surface area contributed by atoms with Crippen molar-refractivity contribution in [3.05, 3.63) is 47.5 Å². The van der Waals surface area contributed by atoms with Crippen molar-refractivity contribution in [2.24, 2.45) is 4.99 Å². The topological polar surface area (TPSA) is 80.2 Å². The van der Waals surface area contributed by atoms with Gasteiger partial charge in [0.25, 0.3) is 0 Å². The maximum absolute atomic E-state index is 12.9. The Morgan fingerprint density at radius 3 is 2.86 bits per heavy atom. The van der Waals surface area contributed by atoms with Crippen LogP contribution in [0.1, 0.15) is 13.3 Å². The first-order chi connectivity index (χ1) is 14.0. The van der Waals surface area contributed by atoms with Gasteiger partial charge in [-0.15, -0.1) is 0 Å². The lowest BCUT2D eigenvalue weighted by Gasteiger charge is -2.16. The van der Waals surface area contributed by atoms with Gasteiger partial charge in [-0.05, 0) is 37.3 Å². The summed E-state index contributed by atoms with van der Waals surface area (Å²) in [7, 11) is 0. The zero-order valence-corrected chi connectivity index (χ0v) is 17.1. The third-order valence-corrected chi connectivity index (χ3v) is 5.69. The molecule has 1 atom stereocenters. The first-order valence-electron chi connectivity index (χ1n) is 9.05. The summed E-state index contributed by atoms with van der Waals surface area (Å²) in [6.45, 7) is 2.63. The molecule has 29 heavy (non-hydrogen) atoms. The highest BCUT2D eigenvalue weighted by Crippen LogP contribution is 2.35. The molecule has 1 saturated heterocycles. The third-order valence-electron chi connectivity index (χ3n) is 4.35. The first kappa shape index (κ1) is 19.6. The van der Waals surface area contributed by atoms with E-state index in [2.05, 4.69) is 10.3 Å². The minimum Gasteiger partial charge on any atom is -0.454 e. The summed E-state index contributed by atoms with van der Waals surface area (Å²) in [6, 6.07) is 12.2. The summed E-state index contributed by atoms with van der Waals surface area (Å²) in [6.07, 6.45) is 0.0988. The van der Waals surface area contributed by atoms with E-state index in [4.69, 9.17) is 21.1 Å². The number of rotatable bonds is 4. The van der Waals surface area contributed by atoms with Crippen molar-refractivity contribution < 1.29 is 19.1 Å². The molecule has 0 spiro atoms. The third kappa shape index (κ3) is 4.18. The number of benzene rings is 2. The number of nitrogens with one attached hydrogen (secondary N) is 1. The molecule has 0 bridgehead atoms. The minimum atomic E-state index is -0.562. The van der Waals surface area contributed by atoms with Gasteiger partial charge in [-0.25, -0.2) is 4.90 Å². The van der Waals surface area contributed by atoms with E-state index in [1.54, 1.807) is 24.3 Å². The maximum Gasteiger partial charge on any atom is 0.247 e. The van der Waals surface area contributed by atoms with Crippen molar-refractivity contribution in [1.82, 2.24) is 0 Å². The van der Waals surface area contributed by atoms with Crippen molar-refractivity contribution in [1.29, 1.82) is 0 Å². The lowest BCUT2D eigenvalue weighted by atomic mass is 10.3. The maximum atomic E-state index is 12.9. The minimum absolute atomic E-state index is 0.0988. The van der Waals surface area contributed by atoms with E-state index >= 15 is 0 Å². The molecule has 9 heteroatoms. The fraction of sp³-hybridized carbons (Fsp3) is 0.250. The van der Waals surface area contributed by atoms with Crippen LogP contribution in [0.4, 0.5) is 11.4 Å².